The van der Waals surface area contributed by atoms with E-state index in [1.165, 1.54) is 0 Å². The van der Waals surface area contributed by atoms with Crippen LogP contribution in [0.2, 0.25) is 0 Å². The van der Waals surface area contributed by atoms with Crippen molar-refractivity contribution >= 4 is 21.7 Å². The van der Waals surface area contributed by atoms with Gasteiger partial charge in [-0.25, -0.2) is 9.78 Å². The fourth-order valence-corrected chi connectivity index (χ4v) is 1.75. The highest BCUT2D eigenvalue weighted by Crippen LogP contribution is 2.19. The first-order chi connectivity index (χ1) is 7.33. The lowest BCUT2D eigenvalue weighted by atomic mass is 10.1. The standard InChI is InChI=1S/C12H8N2O/c15-12-13-7-10-5-8-3-1-2-4-9(8)6-11(10)14-12/h1-7H,(H,13,14,15). The summed E-state index contributed by atoms with van der Waals surface area (Å²) in [5.74, 6) is 0. The van der Waals surface area contributed by atoms with Crippen LogP contribution in [0.25, 0.3) is 21.7 Å². The fourth-order valence-electron chi connectivity index (χ4n) is 1.75. The average molecular weight is 196 g/mol. The van der Waals surface area contributed by atoms with E-state index >= 15 is 0 Å². The van der Waals surface area contributed by atoms with Crippen molar-refractivity contribution in [2.75, 3.05) is 0 Å². The molecule has 1 heterocycles. The first-order valence-corrected chi connectivity index (χ1v) is 4.71. The van der Waals surface area contributed by atoms with Crippen LogP contribution in [-0.2, 0) is 0 Å². The molecule has 0 aliphatic rings. The Morgan fingerprint density at radius 3 is 2.53 bits per heavy atom. The summed E-state index contributed by atoms with van der Waals surface area (Å²) in [5.41, 5.74) is 0.520. The summed E-state index contributed by atoms with van der Waals surface area (Å²) >= 11 is 0. The Labute approximate surface area is 85.4 Å². The molecule has 3 nitrogen and oxygen atoms in total. The number of H-pyrrole nitrogens is 1. The van der Waals surface area contributed by atoms with Crippen LogP contribution in [0.5, 0.6) is 0 Å². The normalized spacial score (nSPS) is 10.9. The van der Waals surface area contributed by atoms with E-state index in [0.717, 1.165) is 21.7 Å². The van der Waals surface area contributed by atoms with E-state index in [4.69, 9.17) is 0 Å². The Morgan fingerprint density at radius 2 is 1.73 bits per heavy atom. The van der Waals surface area contributed by atoms with Gasteiger partial charge in [0.25, 0.3) is 0 Å². The third kappa shape index (κ3) is 1.29. The fraction of sp³-hybridized carbons (Fsp3) is 0. The summed E-state index contributed by atoms with van der Waals surface area (Å²) < 4.78 is 0. The molecule has 0 spiro atoms. The maximum atomic E-state index is 11.1. The number of hydrogen-bond donors (Lipinski definition) is 1. The Morgan fingerprint density at radius 1 is 1.00 bits per heavy atom. The molecule has 1 aromatic heterocycles. The highest BCUT2D eigenvalue weighted by Gasteiger charge is 1.98. The summed E-state index contributed by atoms with van der Waals surface area (Å²) in [6.45, 7) is 0. The van der Waals surface area contributed by atoms with Gasteiger partial charge in [0.15, 0.2) is 0 Å². The molecular formula is C12H8N2O. The number of aromatic amines is 1. The zero-order valence-corrected chi connectivity index (χ0v) is 7.90. The van der Waals surface area contributed by atoms with Crippen molar-refractivity contribution in [3.05, 3.63) is 53.1 Å². The summed E-state index contributed by atoms with van der Waals surface area (Å²) in [6.07, 6.45) is 1.60. The predicted octanol–water partition coefficient (Wildman–Crippen LogP) is 2.08. The van der Waals surface area contributed by atoms with E-state index in [1.807, 2.05) is 36.4 Å². The van der Waals surface area contributed by atoms with Gasteiger partial charge in [0, 0.05) is 11.6 Å². The largest absolute Gasteiger partial charge is 0.345 e. The Kier molecular flexibility index (Phi) is 1.59. The lowest BCUT2D eigenvalue weighted by Crippen LogP contribution is -2.08. The molecule has 2 aromatic carbocycles. The Bertz CT molecular complexity index is 700. The highest BCUT2D eigenvalue weighted by atomic mass is 16.1. The molecule has 0 bridgehead atoms. The van der Waals surface area contributed by atoms with Crippen LogP contribution >= 0.6 is 0 Å². The van der Waals surface area contributed by atoms with E-state index in [2.05, 4.69) is 9.97 Å². The molecule has 15 heavy (non-hydrogen) atoms. The van der Waals surface area contributed by atoms with Gasteiger partial charge < -0.3 is 4.98 Å². The van der Waals surface area contributed by atoms with Crippen LogP contribution in [0, 0.1) is 0 Å². The van der Waals surface area contributed by atoms with Gasteiger partial charge in [-0.1, -0.05) is 24.3 Å². The molecule has 3 aromatic rings. The van der Waals surface area contributed by atoms with E-state index in [0.29, 0.717) is 0 Å². The van der Waals surface area contributed by atoms with Gasteiger partial charge in [-0.2, -0.15) is 0 Å². The molecule has 1 N–H and O–H groups in total. The number of hydrogen-bond acceptors (Lipinski definition) is 2. The van der Waals surface area contributed by atoms with Crippen molar-refractivity contribution in [3.8, 4) is 0 Å². The van der Waals surface area contributed by atoms with Crippen molar-refractivity contribution < 1.29 is 0 Å². The SMILES string of the molecule is O=c1ncc2cc3ccccc3cc2[nH]1. The van der Waals surface area contributed by atoms with Gasteiger partial charge in [0.05, 0.1) is 5.52 Å². The van der Waals surface area contributed by atoms with Gasteiger partial charge >= 0.3 is 5.69 Å². The number of nitrogens with one attached hydrogen (secondary N) is 1. The maximum Gasteiger partial charge on any atom is 0.345 e. The molecule has 0 radical (unpaired) electrons. The van der Waals surface area contributed by atoms with Gasteiger partial charge in [-0.15, -0.1) is 0 Å². The second-order valence-corrected chi connectivity index (χ2v) is 3.47. The van der Waals surface area contributed by atoms with Gasteiger partial charge in [-0.3, -0.25) is 0 Å². The third-order valence-electron chi connectivity index (χ3n) is 2.48. The van der Waals surface area contributed by atoms with Crippen molar-refractivity contribution in [1.29, 1.82) is 0 Å². The van der Waals surface area contributed by atoms with E-state index in [-0.39, 0.29) is 5.69 Å². The molecule has 0 amide bonds. The quantitative estimate of drug-likeness (QED) is 0.559. The number of nitrogens with zero attached hydrogens (tertiary/aromatic N) is 1. The van der Waals surface area contributed by atoms with Crippen molar-refractivity contribution in [1.82, 2.24) is 9.97 Å². The van der Waals surface area contributed by atoms with Gasteiger partial charge in [0.2, 0.25) is 0 Å². The van der Waals surface area contributed by atoms with Crippen LogP contribution in [0.3, 0.4) is 0 Å². The molecule has 0 aliphatic heterocycles. The highest BCUT2D eigenvalue weighted by molar-refractivity contribution is 5.95. The molecule has 0 unspecified atom stereocenters. The summed E-state index contributed by atoms with van der Waals surface area (Å²) in [6, 6.07) is 12.0. The minimum absolute atomic E-state index is 0.308. The zero-order chi connectivity index (χ0) is 10.3. The van der Waals surface area contributed by atoms with Gasteiger partial charge in [0.1, 0.15) is 0 Å². The molecule has 3 rings (SSSR count). The average Bonchev–Trinajstić information content (AvgIpc) is 2.26. The van der Waals surface area contributed by atoms with Gasteiger partial charge in [-0.05, 0) is 22.9 Å². The minimum atomic E-state index is -0.308. The molecular weight excluding hydrogens is 188 g/mol. The molecule has 0 saturated carbocycles. The van der Waals surface area contributed by atoms with Crippen LogP contribution < -0.4 is 5.69 Å². The molecule has 72 valence electrons. The number of fused-ring (bicyclic) bond motifs is 2. The number of rotatable bonds is 0. The second kappa shape index (κ2) is 2.92. The molecule has 0 aliphatic carbocycles. The van der Waals surface area contributed by atoms with Crippen molar-refractivity contribution in [2.45, 2.75) is 0 Å². The van der Waals surface area contributed by atoms with Crippen molar-refractivity contribution in [3.63, 3.8) is 0 Å². The monoisotopic (exact) mass is 196 g/mol. The minimum Gasteiger partial charge on any atom is -0.305 e. The Balaban J connectivity index is 2.53. The lowest BCUT2D eigenvalue weighted by molar-refractivity contribution is 1.12. The third-order valence-corrected chi connectivity index (χ3v) is 2.48. The summed E-state index contributed by atoms with van der Waals surface area (Å²) in [5, 5.41) is 3.22. The number of aromatic nitrogens is 2. The van der Waals surface area contributed by atoms with Crippen LogP contribution in [0.1, 0.15) is 0 Å². The topological polar surface area (TPSA) is 45.8 Å². The summed E-state index contributed by atoms with van der Waals surface area (Å²) in [4.78, 5) is 17.5. The first-order valence-electron chi connectivity index (χ1n) is 4.71. The smallest absolute Gasteiger partial charge is 0.305 e. The van der Waals surface area contributed by atoms with E-state index < -0.39 is 0 Å². The molecule has 0 saturated heterocycles. The Hall–Kier alpha value is -2.16. The predicted molar refractivity (Wildman–Crippen MR) is 59.9 cm³/mol. The maximum absolute atomic E-state index is 11.1. The molecule has 3 heteroatoms. The second-order valence-electron chi connectivity index (χ2n) is 3.47. The van der Waals surface area contributed by atoms with Crippen LogP contribution in [0.15, 0.2) is 47.4 Å². The van der Waals surface area contributed by atoms with Crippen molar-refractivity contribution in [2.24, 2.45) is 0 Å². The van der Waals surface area contributed by atoms with E-state index in [9.17, 15) is 4.79 Å². The zero-order valence-electron chi connectivity index (χ0n) is 7.90. The first kappa shape index (κ1) is 8.17. The molecule has 0 fully saturated rings. The molecule has 0 atom stereocenters. The van der Waals surface area contributed by atoms with E-state index in [1.54, 1.807) is 6.20 Å². The summed E-state index contributed by atoms with van der Waals surface area (Å²) in [7, 11) is 0. The van der Waals surface area contributed by atoms with Crippen LogP contribution in [0.4, 0.5) is 0 Å². The number of benzene rings is 2. The van der Waals surface area contributed by atoms with Crippen LogP contribution in [-0.4, -0.2) is 9.97 Å². The lowest BCUT2D eigenvalue weighted by Gasteiger charge is -2.00.